The fraction of sp³-hybridized carbons (Fsp3) is 0.643. The van der Waals surface area contributed by atoms with Crippen molar-refractivity contribution in [2.45, 2.75) is 51.5 Å². The molecule has 1 atom stereocenters. The van der Waals surface area contributed by atoms with Gasteiger partial charge in [-0.1, -0.05) is 39.7 Å². The fourth-order valence-electron chi connectivity index (χ4n) is 1.75. The van der Waals surface area contributed by atoms with Gasteiger partial charge >= 0.3 is 0 Å². The first kappa shape index (κ1) is 15.2. The average Bonchev–Trinajstić information content (AvgIpc) is 2.87. The van der Waals surface area contributed by atoms with Gasteiger partial charge in [-0.3, -0.25) is 4.79 Å². The topological polar surface area (TPSA) is 55.1 Å². The molecule has 0 spiro atoms. The van der Waals surface area contributed by atoms with Crippen molar-refractivity contribution in [2.24, 2.45) is 5.73 Å². The second-order valence-corrected chi connectivity index (χ2v) is 6.28. The van der Waals surface area contributed by atoms with Crippen LogP contribution in [0.15, 0.2) is 17.5 Å². The highest BCUT2D eigenvalue weighted by Crippen LogP contribution is 2.26. The van der Waals surface area contributed by atoms with Crippen LogP contribution >= 0.6 is 11.3 Å². The smallest absolute Gasteiger partial charge is 0.236 e. The number of hydrogen-bond acceptors (Lipinski definition) is 3. The molecule has 0 bridgehead atoms. The van der Waals surface area contributed by atoms with E-state index in [4.69, 9.17) is 5.73 Å². The van der Waals surface area contributed by atoms with Crippen molar-refractivity contribution in [3.63, 3.8) is 0 Å². The molecule has 1 amide bonds. The van der Waals surface area contributed by atoms with E-state index in [0.29, 0.717) is 6.54 Å². The molecule has 0 unspecified atom stereocenters. The zero-order valence-corrected chi connectivity index (χ0v) is 12.3. The number of nitrogens with two attached hydrogens (primary N) is 1. The predicted molar refractivity (Wildman–Crippen MR) is 77.9 cm³/mol. The first-order valence-corrected chi connectivity index (χ1v) is 7.42. The van der Waals surface area contributed by atoms with Crippen LogP contribution < -0.4 is 11.1 Å². The molecular formula is C14H24N2OS. The lowest BCUT2D eigenvalue weighted by Gasteiger charge is -2.24. The Morgan fingerprint density at radius 1 is 1.56 bits per heavy atom. The quantitative estimate of drug-likeness (QED) is 0.799. The van der Waals surface area contributed by atoms with E-state index in [0.717, 1.165) is 19.3 Å². The van der Waals surface area contributed by atoms with Gasteiger partial charge in [-0.2, -0.15) is 0 Å². The zero-order valence-electron chi connectivity index (χ0n) is 11.5. The molecular weight excluding hydrogens is 244 g/mol. The van der Waals surface area contributed by atoms with E-state index in [2.05, 4.69) is 37.5 Å². The summed E-state index contributed by atoms with van der Waals surface area (Å²) in [6.07, 6.45) is 2.84. The summed E-state index contributed by atoms with van der Waals surface area (Å²) in [5.74, 6) is -0.0342. The Morgan fingerprint density at radius 3 is 2.83 bits per heavy atom. The first-order chi connectivity index (χ1) is 8.47. The summed E-state index contributed by atoms with van der Waals surface area (Å²) in [7, 11) is 0. The molecule has 0 aliphatic heterocycles. The Balaban J connectivity index is 2.42. The molecule has 1 heterocycles. The number of carbonyl (C=O) groups excluding carboxylic acids is 1. The largest absolute Gasteiger partial charge is 0.354 e. The van der Waals surface area contributed by atoms with Crippen LogP contribution in [-0.4, -0.2) is 18.5 Å². The number of rotatable bonds is 7. The van der Waals surface area contributed by atoms with Crippen LogP contribution in [-0.2, 0) is 10.2 Å². The van der Waals surface area contributed by atoms with Crippen molar-refractivity contribution in [3.05, 3.63) is 22.4 Å². The van der Waals surface area contributed by atoms with Gasteiger partial charge in [0.1, 0.15) is 0 Å². The fourth-order valence-corrected chi connectivity index (χ4v) is 2.60. The zero-order chi connectivity index (χ0) is 13.6. The van der Waals surface area contributed by atoms with Crippen LogP contribution in [0.3, 0.4) is 0 Å². The highest BCUT2D eigenvalue weighted by Gasteiger charge is 2.23. The number of unbranched alkanes of at least 4 members (excludes halogenated alkanes) is 1. The number of nitrogens with one attached hydrogen (secondary N) is 1. The van der Waals surface area contributed by atoms with Crippen molar-refractivity contribution in [1.82, 2.24) is 5.32 Å². The van der Waals surface area contributed by atoms with Crippen molar-refractivity contribution < 1.29 is 4.79 Å². The van der Waals surface area contributed by atoms with E-state index in [9.17, 15) is 4.79 Å². The van der Waals surface area contributed by atoms with Crippen LogP contribution in [0.5, 0.6) is 0 Å². The van der Waals surface area contributed by atoms with Gasteiger partial charge in [-0.25, -0.2) is 0 Å². The van der Waals surface area contributed by atoms with E-state index in [1.807, 2.05) is 6.07 Å². The third-order valence-corrected chi connectivity index (χ3v) is 4.33. The summed E-state index contributed by atoms with van der Waals surface area (Å²) in [6, 6.07) is 3.77. The molecule has 3 N–H and O–H groups in total. The van der Waals surface area contributed by atoms with Gasteiger partial charge < -0.3 is 11.1 Å². The minimum atomic E-state index is -0.371. The van der Waals surface area contributed by atoms with Gasteiger partial charge in [-0.15, -0.1) is 11.3 Å². The molecule has 0 saturated heterocycles. The minimum Gasteiger partial charge on any atom is -0.354 e. The number of carbonyl (C=O) groups is 1. The number of hydrogen-bond donors (Lipinski definition) is 2. The Kier molecular flexibility index (Phi) is 5.82. The predicted octanol–water partition coefficient (Wildman–Crippen LogP) is 2.66. The minimum absolute atomic E-state index is 0.0334. The van der Waals surface area contributed by atoms with Crippen LogP contribution in [0.2, 0.25) is 0 Å². The van der Waals surface area contributed by atoms with Crippen molar-refractivity contribution in [1.29, 1.82) is 0 Å². The third-order valence-electron chi connectivity index (χ3n) is 3.10. The second kappa shape index (κ2) is 6.90. The Morgan fingerprint density at radius 2 is 2.28 bits per heavy atom. The summed E-state index contributed by atoms with van der Waals surface area (Å²) >= 11 is 1.72. The molecule has 1 aromatic heterocycles. The van der Waals surface area contributed by atoms with Gasteiger partial charge in [-0.05, 0) is 17.9 Å². The van der Waals surface area contributed by atoms with Crippen LogP contribution in [0.25, 0.3) is 0 Å². The summed E-state index contributed by atoms with van der Waals surface area (Å²) in [5, 5.41) is 5.02. The first-order valence-electron chi connectivity index (χ1n) is 6.54. The standard InChI is InChI=1S/C14H24N2OS/c1-4-5-7-11(15)13(17)16-10-14(2,3)12-8-6-9-18-12/h6,8-9,11H,4-5,7,10,15H2,1-3H3,(H,16,17)/t11-/m0/s1. The van der Waals surface area contributed by atoms with E-state index < -0.39 is 0 Å². The molecule has 0 saturated carbocycles. The second-order valence-electron chi connectivity index (χ2n) is 5.33. The Hall–Kier alpha value is -0.870. The molecule has 0 radical (unpaired) electrons. The van der Waals surface area contributed by atoms with Crippen molar-refractivity contribution in [3.8, 4) is 0 Å². The van der Waals surface area contributed by atoms with Gasteiger partial charge in [0.2, 0.25) is 5.91 Å². The molecule has 3 nitrogen and oxygen atoms in total. The summed E-state index contributed by atoms with van der Waals surface area (Å²) in [6.45, 7) is 7.00. The third kappa shape index (κ3) is 4.42. The Labute approximate surface area is 114 Å². The molecule has 0 aliphatic carbocycles. The van der Waals surface area contributed by atoms with Gasteiger partial charge in [0, 0.05) is 16.8 Å². The van der Waals surface area contributed by atoms with Crippen molar-refractivity contribution in [2.75, 3.05) is 6.54 Å². The van der Waals surface area contributed by atoms with Gasteiger partial charge in [0.25, 0.3) is 0 Å². The van der Waals surface area contributed by atoms with E-state index in [-0.39, 0.29) is 17.4 Å². The Bertz CT molecular complexity index is 360. The molecule has 1 rings (SSSR count). The molecule has 1 aromatic rings. The maximum absolute atomic E-state index is 11.8. The maximum Gasteiger partial charge on any atom is 0.236 e. The molecule has 102 valence electrons. The normalized spacial score (nSPS) is 13.3. The highest BCUT2D eigenvalue weighted by molar-refractivity contribution is 7.10. The lowest BCUT2D eigenvalue weighted by Crippen LogP contribution is -2.45. The maximum atomic E-state index is 11.8. The highest BCUT2D eigenvalue weighted by atomic mass is 32.1. The average molecular weight is 268 g/mol. The van der Waals surface area contributed by atoms with Crippen LogP contribution in [0.4, 0.5) is 0 Å². The monoisotopic (exact) mass is 268 g/mol. The van der Waals surface area contributed by atoms with Crippen LogP contribution in [0.1, 0.15) is 44.9 Å². The summed E-state index contributed by atoms with van der Waals surface area (Å²) in [4.78, 5) is 13.1. The molecule has 0 aliphatic rings. The molecule has 18 heavy (non-hydrogen) atoms. The molecule has 0 fully saturated rings. The number of thiophene rings is 1. The molecule has 4 heteroatoms. The summed E-state index contributed by atoms with van der Waals surface area (Å²) in [5.41, 5.74) is 5.81. The van der Waals surface area contributed by atoms with E-state index in [1.165, 1.54) is 4.88 Å². The van der Waals surface area contributed by atoms with Crippen molar-refractivity contribution >= 4 is 17.2 Å². The van der Waals surface area contributed by atoms with Crippen LogP contribution in [0, 0.1) is 0 Å². The number of amides is 1. The van der Waals surface area contributed by atoms with E-state index in [1.54, 1.807) is 11.3 Å². The SMILES string of the molecule is CCCC[C@H](N)C(=O)NCC(C)(C)c1cccs1. The van der Waals surface area contributed by atoms with E-state index >= 15 is 0 Å². The molecule has 0 aromatic carbocycles. The van der Waals surface area contributed by atoms with Gasteiger partial charge in [0.05, 0.1) is 6.04 Å². The lowest BCUT2D eigenvalue weighted by molar-refractivity contribution is -0.122. The lowest BCUT2D eigenvalue weighted by atomic mass is 9.91. The summed E-state index contributed by atoms with van der Waals surface area (Å²) < 4.78 is 0. The van der Waals surface area contributed by atoms with Gasteiger partial charge in [0.15, 0.2) is 0 Å².